The predicted octanol–water partition coefficient (Wildman–Crippen LogP) is 0.649. The van der Waals surface area contributed by atoms with Gasteiger partial charge in [0.15, 0.2) is 6.54 Å². The summed E-state index contributed by atoms with van der Waals surface area (Å²) < 4.78 is 5.54. The van der Waals surface area contributed by atoms with Gasteiger partial charge in [-0.3, -0.25) is 4.79 Å². The average molecular weight is 353 g/mol. The fraction of sp³-hybridized carbons (Fsp3) is 0.611. The number of hydrogen-bond acceptors (Lipinski definition) is 3. The van der Waals surface area contributed by atoms with E-state index in [-0.39, 0.29) is 12.0 Å². The highest BCUT2D eigenvalue weighted by atomic mass is 35.5. The van der Waals surface area contributed by atoms with Crippen LogP contribution in [0.25, 0.3) is 0 Å². The molecule has 132 valence electrons. The second kappa shape index (κ2) is 8.19. The molecule has 1 atom stereocenters. The molecule has 2 heterocycles. The molecule has 0 bridgehead atoms. The van der Waals surface area contributed by atoms with Crippen molar-refractivity contribution in [2.75, 3.05) is 50.8 Å². The molecule has 1 amide bonds. The number of piperazine rings is 1. The Morgan fingerprint density at radius 3 is 2.92 bits per heavy atom. The fourth-order valence-corrected chi connectivity index (χ4v) is 3.65. The number of nitrogens with zero attached hydrogens (tertiary/aromatic N) is 1. The van der Waals surface area contributed by atoms with Crippen molar-refractivity contribution >= 4 is 23.2 Å². The third-order valence-corrected chi connectivity index (χ3v) is 5.18. The number of ether oxygens (including phenoxy) is 1. The van der Waals surface area contributed by atoms with Gasteiger partial charge in [0.05, 0.1) is 32.3 Å². The number of aryl methyl sites for hydroxylation is 1. The zero-order chi connectivity index (χ0) is 16.9. The number of anilines is 1. The molecule has 2 aliphatic rings. The third-order valence-electron chi connectivity index (χ3n) is 4.94. The van der Waals surface area contributed by atoms with E-state index < -0.39 is 0 Å². The first-order valence-electron chi connectivity index (χ1n) is 8.85. The Labute approximate surface area is 148 Å². The average Bonchev–Trinajstić information content (AvgIpc) is 3.10. The molecule has 6 heteroatoms. The van der Waals surface area contributed by atoms with Crippen LogP contribution in [0.5, 0.6) is 0 Å². The van der Waals surface area contributed by atoms with Crippen LogP contribution in [0.15, 0.2) is 18.2 Å². The maximum absolute atomic E-state index is 12.1. The van der Waals surface area contributed by atoms with Crippen LogP contribution in [0.2, 0.25) is 5.02 Å². The van der Waals surface area contributed by atoms with Crippen molar-refractivity contribution < 1.29 is 14.4 Å². The standard InChI is InChI=1S/C18H26ClN3O2/c1-14-4-5-15(19)11-17(14)22-8-6-21(7-9-22)13-18(23)20-12-16-3-2-10-24-16/h4-5,11,16H,2-3,6-10,12-13H2,1H3,(H,20,23)/p+1/t16-/m0/s1. The summed E-state index contributed by atoms with van der Waals surface area (Å²) in [6.07, 6.45) is 2.38. The van der Waals surface area contributed by atoms with E-state index in [4.69, 9.17) is 16.3 Å². The first-order valence-corrected chi connectivity index (χ1v) is 9.22. The van der Waals surface area contributed by atoms with Gasteiger partial charge in [0.25, 0.3) is 5.91 Å². The van der Waals surface area contributed by atoms with E-state index in [1.165, 1.54) is 16.2 Å². The van der Waals surface area contributed by atoms with Crippen molar-refractivity contribution in [2.45, 2.75) is 25.9 Å². The SMILES string of the molecule is Cc1ccc(Cl)cc1N1CC[NH+](CC(=O)NC[C@@H]2CCCO2)CC1. The van der Waals surface area contributed by atoms with Crippen LogP contribution in [0.4, 0.5) is 5.69 Å². The highest BCUT2D eigenvalue weighted by Gasteiger charge is 2.24. The van der Waals surface area contributed by atoms with Crippen molar-refractivity contribution in [3.05, 3.63) is 28.8 Å². The lowest BCUT2D eigenvalue weighted by atomic mass is 10.1. The summed E-state index contributed by atoms with van der Waals surface area (Å²) in [6.45, 7) is 8.00. The zero-order valence-corrected chi connectivity index (χ0v) is 15.1. The number of carbonyl (C=O) groups is 1. The van der Waals surface area contributed by atoms with Gasteiger partial charge in [-0.2, -0.15) is 0 Å². The lowest BCUT2D eigenvalue weighted by Gasteiger charge is -2.34. The number of carbonyl (C=O) groups excluding carboxylic acids is 1. The van der Waals surface area contributed by atoms with Crippen molar-refractivity contribution in [3.8, 4) is 0 Å². The van der Waals surface area contributed by atoms with Gasteiger partial charge >= 0.3 is 0 Å². The summed E-state index contributed by atoms with van der Waals surface area (Å²) in [5.41, 5.74) is 2.46. The summed E-state index contributed by atoms with van der Waals surface area (Å²) in [4.78, 5) is 15.8. The number of nitrogens with one attached hydrogen (secondary N) is 2. The molecule has 0 saturated carbocycles. The number of hydrogen-bond donors (Lipinski definition) is 2. The van der Waals surface area contributed by atoms with Gasteiger partial charge in [-0.15, -0.1) is 0 Å². The number of benzene rings is 1. The topological polar surface area (TPSA) is 46.0 Å². The van der Waals surface area contributed by atoms with E-state index in [1.54, 1.807) is 0 Å². The number of quaternary nitrogens is 1. The third kappa shape index (κ3) is 4.62. The van der Waals surface area contributed by atoms with E-state index in [2.05, 4.69) is 23.2 Å². The molecular weight excluding hydrogens is 326 g/mol. The quantitative estimate of drug-likeness (QED) is 0.818. The largest absolute Gasteiger partial charge is 0.376 e. The highest BCUT2D eigenvalue weighted by Crippen LogP contribution is 2.24. The highest BCUT2D eigenvalue weighted by molar-refractivity contribution is 6.30. The molecular formula is C18H27ClN3O2+. The summed E-state index contributed by atoms with van der Waals surface area (Å²) in [6, 6.07) is 6.03. The summed E-state index contributed by atoms with van der Waals surface area (Å²) in [5, 5.41) is 3.79. The van der Waals surface area contributed by atoms with Crippen molar-refractivity contribution in [2.24, 2.45) is 0 Å². The van der Waals surface area contributed by atoms with Crippen LogP contribution < -0.4 is 15.1 Å². The molecule has 2 aliphatic heterocycles. The summed E-state index contributed by atoms with van der Waals surface area (Å²) in [7, 11) is 0. The van der Waals surface area contributed by atoms with E-state index in [9.17, 15) is 4.79 Å². The molecule has 0 unspecified atom stereocenters. The van der Waals surface area contributed by atoms with Crippen molar-refractivity contribution in [3.63, 3.8) is 0 Å². The first-order chi connectivity index (χ1) is 11.6. The van der Waals surface area contributed by atoms with E-state index in [0.29, 0.717) is 13.1 Å². The molecule has 2 fully saturated rings. The molecule has 0 aromatic heterocycles. The maximum atomic E-state index is 12.1. The molecule has 24 heavy (non-hydrogen) atoms. The van der Waals surface area contributed by atoms with Gasteiger partial charge in [-0.1, -0.05) is 17.7 Å². The van der Waals surface area contributed by atoms with Crippen LogP contribution in [0, 0.1) is 6.92 Å². The maximum Gasteiger partial charge on any atom is 0.275 e. The van der Waals surface area contributed by atoms with Gasteiger partial charge in [-0.05, 0) is 37.5 Å². The molecule has 0 radical (unpaired) electrons. The summed E-state index contributed by atoms with van der Waals surface area (Å²) >= 11 is 6.13. The van der Waals surface area contributed by atoms with E-state index >= 15 is 0 Å². The number of amides is 1. The number of halogens is 1. The van der Waals surface area contributed by atoms with Gasteiger partial charge in [0, 0.05) is 23.9 Å². The molecule has 0 spiro atoms. The Balaban J connectivity index is 1.43. The zero-order valence-electron chi connectivity index (χ0n) is 14.3. The van der Waals surface area contributed by atoms with Gasteiger partial charge in [0.2, 0.25) is 0 Å². The first kappa shape index (κ1) is 17.5. The van der Waals surface area contributed by atoms with Crippen molar-refractivity contribution in [1.29, 1.82) is 0 Å². The second-order valence-electron chi connectivity index (χ2n) is 6.78. The predicted molar refractivity (Wildman–Crippen MR) is 95.9 cm³/mol. The lowest BCUT2D eigenvalue weighted by molar-refractivity contribution is -0.892. The molecule has 2 saturated heterocycles. The minimum absolute atomic E-state index is 0.132. The van der Waals surface area contributed by atoms with E-state index in [0.717, 1.165) is 50.7 Å². The van der Waals surface area contributed by atoms with Crippen LogP contribution in [0.1, 0.15) is 18.4 Å². The van der Waals surface area contributed by atoms with Crippen LogP contribution in [0.3, 0.4) is 0 Å². The van der Waals surface area contributed by atoms with Crippen molar-refractivity contribution in [1.82, 2.24) is 5.32 Å². The Morgan fingerprint density at radius 2 is 2.21 bits per heavy atom. The fourth-order valence-electron chi connectivity index (χ4n) is 3.49. The van der Waals surface area contributed by atoms with Crippen LogP contribution in [-0.4, -0.2) is 57.9 Å². The molecule has 1 aromatic carbocycles. The minimum Gasteiger partial charge on any atom is -0.376 e. The Morgan fingerprint density at radius 1 is 1.42 bits per heavy atom. The van der Waals surface area contributed by atoms with Gasteiger partial charge in [0.1, 0.15) is 0 Å². The van der Waals surface area contributed by atoms with Crippen LogP contribution in [-0.2, 0) is 9.53 Å². The summed E-state index contributed by atoms with van der Waals surface area (Å²) in [5.74, 6) is 0.132. The Hall–Kier alpha value is -1.30. The molecule has 0 aliphatic carbocycles. The Bertz CT molecular complexity index is 567. The Kier molecular flexibility index (Phi) is 5.98. The van der Waals surface area contributed by atoms with Gasteiger partial charge < -0.3 is 19.9 Å². The molecule has 3 rings (SSSR count). The van der Waals surface area contributed by atoms with E-state index in [1.807, 2.05) is 12.1 Å². The lowest BCUT2D eigenvalue weighted by Crippen LogP contribution is -3.16. The number of rotatable bonds is 5. The molecule has 5 nitrogen and oxygen atoms in total. The normalized spacial score (nSPS) is 21.9. The van der Waals surface area contributed by atoms with Gasteiger partial charge in [-0.25, -0.2) is 0 Å². The van der Waals surface area contributed by atoms with Crippen LogP contribution >= 0.6 is 11.6 Å². The second-order valence-corrected chi connectivity index (χ2v) is 7.22. The smallest absolute Gasteiger partial charge is 0.275 e. The molecule has 1 aromatic rings. The molecule has 2 N–H and O–H groups in total. The minimum atomic E-state index is 0.132. The monoisotopic (exact) mass is 352 g/mol.